The van der Waals surface area contributed by atoms with Crippen LogP contribution in [0.1, 0.15) is 79.4 Å². The normalized spacial score (nSPS) is 27.8. The molecule has 6 aliphatic rings. The standard InChI is InChI=1S/C54H61NO11/c1-55-49-30-13-16-40(45(59)24-30)54(49)66-53-43-27-47(62-3)41-25-35(58)15-18-39(41)52(43)65-46(12-7-19-61-2)48(53)44-28-63-51-32(23-37(26-42(51)50(44)60)64-36-10-4-5-11-36)20-31-22-34(57)14-17-38(31)29-8-6-9-33(56)21-29/h6,8-9,13-18,21-23,25-27,30,36,40,44-46,48-50,53-60H,4-5,7,10-12,19-20,24,28H2,1-3H3/t30-,40+,44+,45+,46+,48+,49+,50+,53-,54+/m0/s1. The highest BCUT2D eigenvalue weighted by Crippen LogP contribution is 2.56. The van der Waals surface area contributed by atoms with Crippen molar-refractivity contribution < 1.29 is 54.0 Å². The summed E-state index contributed by atoms with van der Waals surface area (Å²) >= 11 is 0. The molecule has 6 N–H and O–H groups in total. The first kappa shape index (κ1) is 44.3. The van der Waals surface area contributed by atoms with Gasteiger partial charge in [0, 0.05) is 71.4 Å². The Kier molecular flexibility index (Phi) is 12.5. The zero-order valence-corrected chi connectivity index (χ0v) is 37.8. The molecule has 10 atom stereocenters. The predicted octanol–water partition coefficient (Wildman–Crippen LogP) is 8.67. The molecule has 66 heavy (non-hydrogen) atoms. The minimum atomic E-state index is -1.05. The van der Waals surface area contributed by atoms with Crippen LogP contribution in [0.5, 0.6) is 40.2 Å². The van der Waals surface area contributed by atoms with Gasteiger partial charge in [0.2, 0.25) is 0 Å². The van der Waals surface area contributed by atoms with Crippen molar-refractivity contribution >= 4 is 10.8 Å². The van der Waals surface area contributed by atoms with E-state index in [1.807, 2.05) is 43.4 Å². The van der Waals surface area contributed by atoms with Gasteiger partial charge < -0.3 is 59.3 Å². The van der Waals surface area contributed by atoms with Crippen LogP contribution in [0.2, 0.25) is 0 Å². The van der Waals surface area contributed by atoms with E-state index in [1.54, 1.807) is 56.7 Å². The molecular formula is C54H61NO11. The van der Waals surface area contributed by atoms with Gasteiger partial charge in [0.05, 0.1) is 44.2 Å². The largest absolute Gasteiger partial charge is 0.508 e. The number of likely N-dealkylation sites (N-methyl/N-ethyl adjacent to an activating group) is 1. The van der Waals surface area contributed by atoms with Gasteiger partial charge >= 0.3 is 0 Å². The van der Waals surface area contributed by atoms with E-state index in [-0.39, 0.29) is 47.8 Å². The van der Waals surface area contributed by atoms with Gasteiger partial charge in [-0.2, -0.15) is 0 Å². The van der Waals surface area contributed by atoms with E-state index in [4.69, 9.17) is 28.4 Å². The van der Waals surface area contributed by atoms with Gasteiger partial charge in [-0.3, -0.25) is 0 Å². The maximum Gasteiger partial charge on any atom is 0.133 e. The minimum absolute atomic E-state index is 0.0465. The van der Waals surface area contributed by atoms with Gasteiger partial charge in [-0.05, 0) is 135 Å². The third kappa shape index (κ3) is 8.32. The zero-order valence-electron chi connectivity index (χ0n) is 37.8. The van der Waals surface area contributed by atoms with Crippen molar-refractivity contribution in [2.75, 3.05) is 34.5 Å². The van der Waals surface area contributed by atoms with E-state index in [1.165, 1.54) is 0 Å². The number of nitrogens with one attached hydrogen (secondary N) is 1. The highest BCUT2D eigenvalue weighted by Gasteiger charge is 2.53. The second kappa shape index (κ2) is 18.6. The molecule has 0 aromatic heterocycles. The Balaban J connectivity index is 1.10. The van der Waals surface area contributed by atoms with Crippen molar-refractivity contribution in [2.45, 2.75) is 94.0 Å². The number of phenols is 3. The second-order valence-electron chi connectivity index (χ2n) is 18.9. The lowest BCUT2D eigenvalue weighted by Gasteiger charge is -2.51. The van der Waals surface area contributed by atoms with E-state index in [9.17, 15) is 25.5 Å². The van der Waals surface area contributed by atoms with Crippen LogP contribution in [0.4, 0.5) is 0 Å². The van der Waals surface area contributed by atoms with E-state index >= 15 is 0 Å². The van der Waals surface area contributed by atoms with Crippen molar-refractivity contribution in [1.29, 1.82) is 0 Å². The third-order valence-corrected chi connectivity index (χ3v) is 14.9. The molecule has 4 aliphatic carbocycles. The van der Waals surface area contributed by atoms with Crippen LogP contribution in [-0.2, 0) is 15.9 Å². The SMILES string of the molecule is CN[C@H]1[C@H](O[C@H]2c3cc(OC)c4cc(O)ccc4c3O[C@H](CCCOC)[C@H]2[C@H]2COc3c(Cc4cc(O)ccc4-c4cccc(O)c4)cc(OC4CCCC4)cc3[C@H]2O)[C@@H]2C=C[C@H]1C[C@H]2O. The van der Waals surface area contributed by atoms with E-state index < -0.39 is 42.4 Å². The summed E-state index contributed by atoms with van der Waals surface area (Å²) in [5, 5.41) is 61.4. The van der Waals surface area contributed by atoms with Gasteiger partial charge in [0.1, 0.15) is 46.4 Å². The summed E-state index contributed by atoms with van der Waals surface area (Å²) < 4.78 is 40.0. The highest BCUT2D eigenvalue weighted by atomic mass is 16.5. The zero-order chi connectivity index (χ0) is 45.6. The lowest BCUT2D eigenvalue weighted by Crippen LogP contribution is -2.59. The topological polar surface area (TPSA) is 169 Å². The van der Waals surface area contributed by atoms with E-state index in [0.29, 0.717) is 66.2 Å². The minimum Gasteiger partial charge on any atom is -0.508 e. The molecule has 0 unspecified atom stereocenters. The van der Waals surface area contributed by atoms with Gasteiger partial charge in [-0.1, -0.05) is 30.4 Å². The van der Waals surface area contributed by atoms with Crippen LogP contribution in [0.25, 0.3) is 21.9 Å². The molecule has 5 aromatic carbocycles. The summed E-state index contributed by atoms with van der Waals surface area (Å²) in [6.07, 6.45) is 7.47. The first-order valence-corrected chi connectivity index (χ1v) is 23.6. The first-order valence-electron chi connectivity index (χ1n) is 23.6. The van der Waals surface area contributed by atoms with Crippen LogP contribution in [-0.4, -0.2) is 90.5 Å². The number of phenolic OH excluding ortho intramolecular Hbond substituents is 3. The highest BCUT2D eigenvalue weighted by molar-refractivity contribution is 5.96. The van der Waals surface area contributed by atoms with Crippen LogP contribution >= 0.6 is 0 Å². The maximum absolute atomic E-state index is 13.1. The molecule has 0 amide bonds. The lowest BCUT2D eigenvalue weighted by molar-refractivity contribution is -0.170. The summed E-state index contributed by atoms with van der Waals surface area (Å²) in [5.41, 5.74) is 4.63. The fourth-order valence-electron chi connectivity index (χ4n) is 11.8. The van der Waals surface area contributed by atoms with Crippen LogP contribution < -0.4 is 24.3 Å². The Bertz CT molecular complexity index is 2590. The molecule has 12 nitrogen and oxygen atoms in total. The number of hydrogen-bond acceptors (Lipinski definition) is 12. The lowest BCUT2D eigenvalue weighted by atomic mass is 9.68. The molecule has 2 heterocycles. The molecule has 2 aliphatic heterocycles. The molecule has 348 valence electrons. The van der Waals surface area contributed by atoms with Crippen molar-refractivity contribution in [2.24, 2.45) is 23.7 Å². The Morgan fingerprint density at radius 1 is 0.803 bits per heavy atom. The summed E-state index contributed by atoms with van der Waals surface area (Å²) in [6.45, 7) is 0.644. The molecule has 0 saturated heterocycles. The van der Waals surface area contributed by atoms with Crippen molar-refractivity contribution in [3.63, 3.8) is 0 Å². The fourth-order valence-corrected chi connectivity index (χ4v) is 11.8. The second-order valence-corrected chi connectivity index (χ2v) is 18.9. The van der Waals surface area contributed by atoms with Crippen LogP contribution in [0.3, 0.4) is 0 Å². The van der Waals surface area contributed by atoms with Crippen molar-refractivity contribution in [3.05, 3.63) is 113 Å². The molecule has 2 bridgehead atoms. The monoisotopic (exact) mass is 899 g/mol. The van der Waals surface area contributed by atoms with E-state index in [2.05, 4.69) is 17.5 Å². The Labute approximate surface area is 385 Å². The quantitative estimate of drug-likeness (QED) is 0.0464. The number of hydrogen-bond donors (Lipinski definition) is 6. The first-order chi connectivity index (χ1) is 32.1. The predicted molar refractivity (Wildman–Crippen MR) is 250 cm³/mol. The Morgan fingerprint density at radius 3 is 2.38 bits per heavy atom. The molecule has 5 aromatic rings. The van der Waals surface area contributed by atoms with Gasteiger partial charge in [-0.15, -0.1) is 0 Å². The molecule has 11 rings (SSSR count). The third-order valence-electron chi connectivity index (χ3n) is 14.9. The summed E-state index contributed by atoms with van der Waals surface area (Å²) in [5.74, 6) is 1.52. The molecular weight excluding hydrogens is 839 g/mol. The number of rotatable bonds is 14. The molecule has 0 radical (unpaired) electrons. The molecule has 2 saturated carbocycles. The number of aliphatic hydroxyl groups excluding tert-OH is 2. The smallest absolute Gasteiger partial charge is 0.133 e. The van der Waals surface area contributed by atoms with Crippen LogP contribution in [0, 0.1) is 23.7 Å². The number of aliphatic hydroxyl groups is 2. The molecule has 0 spiro atoms. The maximum atomic E-state index is 13.1. The number of benzene rings is 5. The average Bonchev–Trinajstić information content (AvgIpc) is 3.82. The summed E-state index contributed by atoms with van der Waals surface area (Å²) in [6, 6.07) is 23.3. The molecule has 12 heteroatoms. The van der Waals surface area contributed by atoms with Gasteiger partial charge in [0.25, 0.3) is 0 Å². The fraction of sp³-hybridized carbons (Fsp3) is 0.444. The summed E-state index contributed by atoms with van der Waals surface area (Å²) in [7, 11) is 5.23. The Hall–Kier alpha value is -5.50. The number of fused-ring (bicyclic) bond motifs is 6. The van der Waals surface area contributed by atoms with Crippen molar-refractivity contribution in [1.82, 2.24) is 5.32 Å². The Morgan fingerprint density at radius 2 is 1.61 bits per heavy atom. The van der Waals surface area contributed by atoms with Gasteiger partial charge in [-0.25, -0.2) is 0 Å². The number of methoxy groups -OCH3 is 2. The number of ether oxygens (including phenoxy) is 6. The van der Waals surface area contributed by atoms with Crippen LogP contribution in [0.15, 0.2) is 91.0 Å². The summed E-state index contributed by atoms with van der Waals surface area (Å²) in [4.78, 5) is 0. The van der Waals surface area contributed by atoms with Gasteiger partial charge in [0.15, 0.2) is 0 Å². The van der Waals surface area contributed by atoms with E-state index in [0.717, 1.165) is 58.9 Å². The number of aromatic hydroxyl groups is 3. The molecule has 2 fully saturated rings. The van der Waals surface area contributed by atoms with Crippen molar-refractivity contribution in [3.8, 4) is 51.4 Å². The average molecular weight is 900 g/mol.